The van der Waals surface area contributed by atoms with Crippen LogP contribution >= 0.6 is 9.24 Å². The zero-order valence-corrected chi connectivity index (χ0v) is 7.43. The summed E-state index contributed by atoms with van der Waals surface area (Å²) in [7, 11) is 2.63. The Morgan fingerprint density at radius 1 is 1.55 bits per heavy atom. The minimum atomic E-state index is 0.848. The van der Waals surface area contributed by atoms with E-state index in [9.17, 15) is 0 Å². The van der Waals surface area contributed by atoms with Crippen LogP contribution in [0.15, 0.2) is 29.4 Å². The number of aromatic nitrogens is 1. The third kappa shape index (κ3) is 3.24. The second-order valence-corrected chi connectivity index (χ2v) is 2.66. The molecule has 0 saturated heterocycles. The van der Waals surface area contributed by atoms with Gasteiger partial charge in [-0.05, 0) is 18.3 Å². The summed E-state index contributed by atoms with van der Waals surface area (Å²) in [5, 5.41) is 0. The van der Waals surface area contributed by atoms with Crippen LogP contribution in [0.25, 0.3) is 0 Å². The molecule has 0 radical (unpaired) electrons. The molecule has 0 aromatic carbocycles. The van der Waals surface area contributed by atoms with Crippen molar-refractivity contribution in [2.75, 3.05) is 12.7 Å². The lowest BCUT2D eigenvalue weighted by atomic mass is 10.4. The van der Waals surface area contributed by atoms with Gasteiger partial charge in [0.05, 0.1) is 5.69 Å². The molecule has 1 aromatic rings. The second kappa shape index (κ2) is 4.97. The van der Waals surface area contributed by atoms with Crippen LogP contribution < -0.4 is 0 Å². The van der Waals surface area contributed by atoms with Gasteiger partial charge >= 0.3 is 0 Å². The molecule has 1 aromatic heterocycles. The number of aliphatic imine (C=N–C) groups is 1. The van der Waals surface area contributed by atoms with Crippen molar-refractivity contribution in [2.45, 2.75) is 0 Å². The Balaban J connectivity index is 2.50. The highest BCUT2D eigenvalue weighted by Gasteiger charge is 1.82. The predicted octanol–water partition coefficient (Wildman–Crippen LogP) is 1.38. The molecular formula is C8H11N2P. The largest absolute Gasteiger partial charge is 0.291 e. The topological polar surface area (TPSA) is 25.2 Å². The maximum Gasteiger partial charge on any atom is 0.0807 e. The summed E-state index contributed by atoms with van der Waals surface area (Å²) in [5.74, 6) is 0. The Morgan fingerprint density at radius 3 is 3.09 bits per heavy atom. The van der Waals surface area contributed by atoms with Crippen molar-refractivity contribution in [1.29, 1.82) is 0 Å². The molecule has 11 heavy (non-hydrogen) atoms. The van der Waals surface area contributed by atoms with E-state index in [0.717, 1.165) is 18.4 Å². The summed E-state index contributed by atoms with van der Waals surface area (Å²) in [6.45, 7) is 0.848. The van der Waals surface area contributed by atoms with Crippen LogP contribution in [0, 0.1) is 0 Å². The number of pyridine rings is 1. The van der Waals surface area contributed by atoms with Crippen molar-refractivity contribution in [1.82, 2.24) is 4.98 Å². The highest BCUT2D eigenvalue weighted by Crippen LogP contribution is 1.88. The van der Waals surface area contributed by atoms with Crippen molar-refractivity contribution >= 4 is 15.5 Å². The van der Waals surface area contributed by atoms with E-state index in [-0.39, 0.29) is 0 Å². The molecule has 0 N–H and O–H groups in total. The number of hydrogen-bond donors (Lipinski definition) is 0. The second-order valence-electron chi connectivity index (χ2n) is 2.08. The number of nitrogens with zero attached hydrogens (tertiary/aromatic N) is 2. The van der Waals surface area contributed by atoms with Gasteiger partial charge in [0.15, 0.2) is 0 Å². The maximum atomic E-state index is 4.15. The fourth-order valence-electron chi connectivity index (χ4n) is 0.685. The molecule has 1 rings (SSSR count). The Morgan fingerprint density at radius 2 is 2.45 bits per heavy atom. The van der Waals surface area contributed by atoms with E-state index in [4.69, 9.17) is 0 Å². The smallest absolute Gasteiger partial charge is 0.0807 e. The van der Waals surface area contributed by atoms with Crippen LogP contribution in [0.2, 0.25) is 0 Å². The molecule has 0 bridgehead atoms. The van der Waals surface area contributed by atoms with Crippen LogP contribution in [-0.2, 0) is 0 Å². The van der Waals surface area contributed by atoms with Crippen molar-refractivity contribution < 1.29 is 0 Å². The fourth-order valence-corrected chi connectivity index (χ4v) is 0.834. The summed E-state index contributed by atoms with van der Waals surface area (Å²) in [6, 6.07) is 5.79. The van der Waals surface area contributed by atoms with E-state index >= 15 is 0 Å². The molecule has 0 aliphatic carbocycles. The van der Waals surface area contributed by atoms with E-state index in [2.05, 4.69) is 19.2 Å². The van der Waals surface area contributed by atoms with Crippen LogP contribution in [0.5, 0.6) is 0 Å². The molecule has 0 fully saturated rings. The Labute approximate surface area is 69.0 Å². The number of hydrogen-bond acceptors (Lipinski definition) is 2. The van der Waals surface area contributed by atoms with Crippen molar-refractivity contribution in [3.05, 3.63) is 30.1 Å². The standard InChI is InChI=1S/C8H11N2P/c11-6-5-9-7-8-3-1-2-4-10-8/h1-4,7H,5-6,11H2. The van der Waals surface area contributed by atoms with E-state index in [1.54, 1.807) is 12.4 Å². The third-order valence-corrected chi connectivity index (χ3v) is 1.43. The molecule has 58 valence electrons. The zero-order chi connectivity index (χ0) is 7.94. The summed E-state index contributed by atoms with van der Waals surface area (Å²) in [5.41, 5.74) is 0.922. The van der Waals surface area contributed by atoms with Gasteiger partial charge in [-0.3, -0.25) is 9.98 Å². The summed E-state index contributed by atoms with van der Waals surface area (Å²) >= 11 is 0. The van der Waals surface area contributed by atoms with Crippen molar-refractivity contribution in [3.8, 4) is 0 Å². The number of rotatable bonds is 3. The molecule has 0 saturated carbocycles. The van der Waals surface area contributed by atoms with E-state index in [1.165, 1.54) is 0 Å². The molecule has 1 atom stereocenters. The molecule has 1 heterocycles. The molecule has 1 unspecified atom stereocenters. The van der Waals surface area contributed by atoms with Gasteiger partial charge in [-0.1, -0.05) is 6.07 Å². The van der Waals surface area contributed by atoms with Crippen LogP contribution in [0.3, 0.4) is 0 Å². The van der Waals surface area contributed by atoms with Crippen molar-refractivity contribution in [3.63, 3.8) is 0 Å². The first kappa shape index (κ1) is 8.35. The van der Waals surface area contributed by atoms with Crippen LogP contribution in [0.1, 0.15) is 5.69 Å². The highest BCUT2D eigenvalue weighted by atomic mass is 31.0. The molecule has 0 aliphatic heterocycles. The first-order valence-electron chi connectivity index (χ1n) is 3.54. The van der Waals surface area contributed by atoms with Crippen LogP contribution in [0.4, 0.5) is 0 Å². The minimum Gasteiger partial charge on any atom is -0.291 e. The molecule has 3 heteroatoms. The highest BCUT2D eigenvalue weighted by molar-refractivity contribution is 7.16. The SMILES string of the molecule is PCCN=Cc1ccccn1. The molecule has 0 amide bonds. The normalized spacial score (nSPS) is 10.6. The predicted molar refractivity (Wildman–Crippen MR) is 51.3 cm³/mol. The Kier molecular flexibility index (Phi) is 3.77. The van der Waals surface area contributed by atoms with Gasteiger partial charge in [0.25, 0.3) is 0 Å². The summed E-state index contributed by atoms with van der Waals surface area (Å²) < 4.78 is 0. The monoisotopic (exact) mass is 166 g/mol. The first-order chi connectivity index (χ1) is 5.43. The van der Waals surface area contributed by atoms with E-state index < -0.39 is 0 Å². The van der Waals surface area contributed by atoms with Gasteiger partial charge in [-0.25, -0.2) is 0 Å². The summed E-state index contributed by atoms with van der Waals surface area (Å²) in [6.07, 6.45) is 4.56. The molecular weight excluding hydrogens is 155 g/mol. The van der Waals surface area contributed by atoms with Gasteiger partial charge in [0.2, 0.25) is 0 Å². The maximum absolute atomic E-state index is 4.15. The first-order valence-corrected chi connectivity index (χ1v) is 4.36. The molecule has 2 nitrogen and oxygen atoms in total. The molecule has 0 aliphatic rings. The van der Waals surface area contributed by atoms with Gasteiger partial charge in [-0.2, -0.15) is 0 Å². The van der Waals surface area contributed by atoms with Gasteiger partial charge in [-0.15, -0.1) is 9.24 Å². The quantitative estimate of drug-likeness (QED) is 0.492. The van der Waals surface area contributed by atoms with Gasteiger partial charge in [0, 0.05) is 19.0 Å². The van der Waals surface area contributed by atoms with Gasteiger partial charge in [0.1, 0.15) is 0 Å². The lowest BCUT2D eigenvalue weighted by Gasteiger charge is -1.88. The average Bonchev–Trinajstić information content (AvgIpc) is 2.07. The third-order valence-electron chi connectivity index (χ3n) is 1.17. The average molecular weight is 166 g/mol. The molecule has 0 spiro atoms. The van der Waals surface area contributed by atoms with Crippen molar-refractivity contribution in [2.24, 2.45) is 4.99 Å². The van der Waals surface area contributed by atoms with Crippen LogP contribution in [-0.4, -0.2) is 23.9 Å². The Bertz CT molecular complexity index is 221. The fraction of sp³-hybridized carbons (Fsp3) is 0.250. The van der Waals surface area contributed by atoms with E-state index in [1.807, 2.05) is 18.2 Å². The lowest BCUT2D eigenvalue weighted by molar-refractivity contribution is 1.15. The zero-order valence-electron chi connectivity index (χ0n) is 6.27. The minimum absolute atomic E-state index is 0.848. The summed E-state index contributed by atoms with van der Waals surface area (Å²) in [4.78, 5) is 8.25. The Hall–Kier alpha value is -0.750. The van der Waals surface area contributed by atoms with Gasteiger partial charge < -0.3 is 0 Å². The lowest BCUT2D eigenvalue weighted by Crippen LogP contribution is -1.87. The van der Waals surface area contributed by atoms with E-state index in [0.29, 0.717) is 0 Å².